The third-order valence-corrected chi connectivity index (χ3v) is 4.02. The van der Waals surface area contributed by atoms with Crippen molar-refractivity contribution in [3.63, 3.8) is 0 Å². The van der Waals surface area contributed by atoms with Gasteiger partial charge in [-0.2, -0.15) is 0 Å². The fraction of sp³-hybridized carbons (Fsp3) is 0.250. The van der Waals surface area contributed by atoms with E-state index >= 15 is 0 Å². The van der Waals surface area contributed by atoms with Gasteiger partial charge in [-0.05, 0) is 37.1 Å². The molecule has 2 amide bonds. The molecule has 0 radical (unpaired) electrons. The lowest BCUT2D eigenvalue weighted by atomic mass is 10.1. The molecule has 2 rings (SSSR count). The second-order valence-electron chi connectivity index (χ2n) is 6.16. The molecule has 1 atom stereocenters. The summed E-state index contributed by atoms with van der Waals surface area (Å²) in [4.78, 5) is 46.1. The molecule has 1 unspecified atom stereocenters. The number of carbonyl (C=O) groups excluding carboxylic acids is 3. The van der Waals surface area contributed by atoms with Crippen molar-refractivity contribution >= 4 is 29.2 Å². The van der Waals surface area contributed by atoms with Gasteiger partial charge in [0.25, 0.3) is 17.5 Å². The van der Waals surface area contributed by atoms with Crippen LogP contribution in [0.3, 0.4) is 0 Å². The molecular weight excluding hydrogens is 378 g/mol. The summed E-state index contributed by atoms with van der Waals surface area (Å²) in [5.41, 5.74) is 1.50. The highest BCUT2D eigenvalue weighted by Crippen LogP contribution is 2.13. The van der Waals surface area contributed by atoms with Crippen LogP contribution in [0.1, 0.15) is 29.8 Å². The molecule has 0 heterocycles. The average molecular weight is 399 g/mol. The largest absolute Gasteiger partial charge is 0.451 e. The van der Waals surface area contributed by atoms with Crippen LogP contribution in [-0.2, 0) is 20.7 Å². The van der Waals surface area contributed by atoms with E-state index in [2.05, 4.69) is 10.6 Å². The van der Waals surface area contributed by atoms with Crippen LogP contribution in [0.4, 0.5) is 11.4 Å². The number of benzene rings is 2. The zero-order valence-electron chi connectivity index (χ0n) is 16.0. The normalized spacial score (nSPS) is 11.2. The Bertz CT molecular complexity index is 911. The molecule has 0 aliphatic heterocycles. The van der Waals surface area contributed by atoms with Gasteiger partial charge < -0.3 is 15.4 Å². The Morgan fingerprint density at radius 1 is 1.14 bits per heavy atom. The van der Waals surface area contributed by atoms with E-state index in [4.69, 9.17) is 4.74 Å². The number of esters is 1. The van der Waals surface area contributed by atoms with Crippen molar-refractivity contribution in [1.29, 1.82) is 0 Å². The van der Waals surface area contributed by atoms with Gasteiger partial charge in [0.15, 0.2) is 6.10 Å². The van der Waals surface area contributed by atoms with E-state index in [1.54, 1.807) is 12.1 Å². The number of anilines is 1. The second kappa shape index (κ2) is 9.98. The van der Waals surface area contributed by atoms with E-state index in [1.165, 1.54) is 25.1 Å². The predicted octanol–water partition coefficient (Wildman–Crippen LogP) is 2.46. The summed E-state index contributed by atoms with van der Waals surface area (Å²) in [5, 5.41) is 15.7. The zero-order valence-corrected chi connectivity index (χ0v) is 16.0. The van der Waals surface area contributed by atoms with E-state index < -0.39 is 35.4 Å². The van der Waals surface area contributed by atoms with E-state index in [9.17, 15) is 24.5 Å². The fourth-order valence-electron chi connectivity index (χ4n) is 2.38. The van der Waals surface area contributed by atoms with E-state index in [-0.39, 0.29) is 11.3 Å². The molecule has 9 heteroatoms. The van der Waals surface area contributed by atoms with Gasteiger partial charge in [-0.3, -0.25) is 24.5 Å². The predicted molar refractivity (Wildman–Crippen MR) is 105 cm³/mol. The van der Waals surface area contributed by atoms with Crippen molar-refractivity contribution < 1.29 is 24.0 Å². The molecule has 0 saturated heterocycles. The van der Waals surface area contributed by atoms with E-state index in [0.717, 1.165) is 18.1 Å². The van der Waals surface area contributed by atoms with Crippen LogP contribution in [-0.4, -0.2) is 35.4 Å². The minimum Gasteiger partial charge on any atom is -0.451 e. The number of ether oxygens (including phenoxy) is 1. The molecule has 0 saturated carbocycles. The summed E-state index contributed by atoms with van der Waals surface area (Å²) in [6.45, 7) is 2.95. The molecule has 152 valence electrons. The minimum absolute atomic E-state index is 0.0355. The summed E-state index contributed by atoms with van der Waals surface area (Å²) in [7, 11) is 0. The van der Waals surface area contributed by atoms with Crippen LogP contribution in [0.5, 0.6) is 0 Å². The number of nitrogens with zero attached hydrogens (tertiary/aromatic N) is 1. The molecular formula is C20H21N3O6. The number of amides is 2. The first-order chi connectivity index (χ1) is 13.8. The number of nitro groups is 1. The van der Waals surface area contributed by atoms with Crippen molar-refractivity contribution in [2.45, 2.75) is 26.4 Å². The van der Waals surface area contributed by atoms with Crippen molar-refractivity contribution in [3.8, 4) is 0 Å². The van der Waals surface area contributed by atoms with Gasteiger partial charge in [-0.1, -0.05) is 25.1 Å². The molecule has 0 bridgehead atoms. The minimum atomic E-state index is -1.07. The van der Waals surface area contributed by atoms with Crippen LogP contribution < -0.4 is 10.6 Å². The lowest BCUT2D eigenvalue weighted by Gasteiger charge is -2.14. The SMILES string of the molecule is CCc1ccc(NC(=O)C(C)OC(=O)CNC(=O)c2cccc([N+](=O)[O-])c2)cc1. The van der Waals surface area contributed by atoms with E-state index in [1.807, 2.05) is 19.1 Å². The van der Waals surface area contributed by atoms with Gasteiger partial charge in [-0.25, -0.2) is 0 Å². The van der Waals surface area contributed by atoms with Crippen LogP contribution in [0.2, 0.25) is 0 Å². The van der Waals surface area contributed by atoms with Gasteiger partial charge in [0.2, 0.25) is 0 Å². The van der Waals surface area contributed by atoms with Crippen LogP contribution in [0, 0.1) is 10.1 Å². The highest BCUT2D eigenvalue weighted by Gasteiger charge is 2.19. The van der Waals surface area contributed by atoms with E-state index in [0.29, 0.717) is 5.69 Å². The molecule has 0 spiro atoms. The summed E-state index contributed by atoms with van der Waals surface area (Å²) in [5.74, 6) is -1.99. The molecule has 9 nitrogen and oxygen atoms in total. The average Bonchev–Trinajstić information content (AvgIpc) is 2.72. The number of nitro benzene ring substituents is 1. The molecule has 0 aliphatic rings. The summed E-state index contributed by atoms with van der Waals surface area (Å²) >= 11 is 0. The van der Waals surface area contributed by atoms with Gasteiger partial charge in [0.05, 0.1) is 4.92 Å². The summed E-state index contributed by atoms with van der Waals surface area (Å²) in [6.07, 6.45) is -0.187. The molecule has 0 fully saturated rings. The number of rotatable bonds is 8. The lowest BCUT2D eigenvalue weighted by molar-refractivity contribution is -0.384. The van der Waals surface area contributed by atoms with Gasteiger partial charge in [0, 0.05) is 23.4 Å². The number of non-ortho nitro benzene ring substituents is 1. The Kier molecular flexibility index (Phi) is 7.41. The maximum atomic E-state index is 12.1. The van der Waals surface area contributed by atoms with Crippen molar-refractivity contribution in [2.24, 2.45) is 0 Å². The third-order valence-electron chi connectivity index (χ3n) is 4.02. The Morgan fingerprint density at radius 3 is 2.45 bits per heavy atom. The highest BCUT2D eigenvalue weighted by atomic mass is 16.6. The molecule has 2 aromatic rings. The number of nitrogens with one attached hydrogen (secondary N) is 2. The van der Waals surface area contributed by atoms with Gasteiger partial charge >= 0.3 is 5.97 Å². The maximum Gasteiger partial charge on any atom is 0.326 e. The number of aryl methyl sites for hydroxylation is 1. The van der Waals surface area contributed by atoms with Crippen LogP contribution in [0.25, 0.3) is 0 Å². The van der Waals surface area contributed by atoms with Crippen LogP contribution >= 0.6 is 0 Å². The zero-order chi connectivity index (χ0) is 21.4. The lowest BCUT2D eigenvalue weighted by Crippen LogP contribution is -2.35. The number of hydrogen-bond acceptors (Lipinski definition) is 6. The monoisotopic (exact) mass is 399 g/mol. The molecule has 0 aromatic heterocycles. The molecule has 2 aromatic carbocycles. The van der Waals surface area contributed by atoms with Crippen LogP contribution in [0.15, 0.2) is 48.5 Å². The Balaban J connectivity index is 1.83. The molecule has 0 aliphatic carbocycles. The Labute approximate surface area is 167 Å². The summed E-state index contributed by atoms with van der Waals surface area (Å²) in [6, 6.07) is 12.4. The smallest absolute Gasteiger partial charge is 0.326 e. The molecule has 2 N–H and O–H groups in total. The standard InChI is InChI=1S/C20H21N3O6/c1-3-14-7-9-16(10-8-14)22-19(25)13(2)29-18(24)12-21-20(26)15-5-4-6-17(11-15)23(27)28/h4-11,13H,3,12H2,1-2H3,(H,21,26)(H,22,25). The van der Waals surface area contributed by atoms with Gasteiger partial charge in [-0.15, -0.1) is 0 Å². The van der Waals surface area contributed by atoms with Crippen molar-refractivity contribution in [1.82, 2.24) is 5.32 Å². The molecule has 29 heavy (non-hydrogen) atoms. The third kappa shape index (κ3) is 6.42. The number of carbonyl (C=O) groups is 3. The van der Waals surface area contributed by atoms with Gasteiger partial charge in [0.1, 0.15) is 6.54 Å². The first-order valence-electron chi connectivity index (χ1n) is 8.92. The Hall–Kier alpha value is -3.75. The number of hydrogen-bond donors (Lipinski definition) is 2. The first kappa shape index (κ1) is 21.5. The quantitative estimate of drug-likeness (QED) is 0.399. The Morgan fingerprint density at radius 2 is 1.83 bits per heavy atom. The van der Waals surface area contributed by atoms with Crippen molar-refractivity contribution in [3.05, 3.63) is 69.8 Å². The highest BCUT2D eigenvalue weighted by molar-refractivity contribution is 5.97. The topological polar surface area (TPSA) is 128 Å². The van der Waals surface area contributed by atoms with Crippen molar-refractivity contribution in [2.75, 3.05) is 11.9 Å². The second-order valence-corrected chi connectivity index (χ2v) is 6.16. The summed E-state index contributed by atoms with van der Waals surface area (Å²) < 4.78 is 5.00. The maximum absolute atomic E-state index is 12.1. The fourth-order valence-corrected chi connectivity index (χ4v) is 2.38. The first-order valence-corrected chi connectivity index (χ1v) is 8.92.